The number of hydrogen-bond acceptors (Lipinski definition) is 6. The number of hydrogen-bond donors (Lipinski definition) is 0. The van der Waals surface area contributed by atoms with Crippen molar-refractivity contribution in [2.24, 2.45) is 0 Å². The second-order valence-electron chi connectivity index (χ2n) is 6.68. The van der Waals surface area contributed by atoms with Gasteiger partial charge in [0.1, 0.15) is 5.78 Å². The molecule has 0 aliphatic carbocycles. The van der Waals surface area contributed by atoms with Gasteiger partial charge in [-0.05, 0) is 36.2 Å². The first kappa shape index (κ1) is 18.3. The monoisotopic (exact) mass is 401 g/mol. The Labute approximate surface area is 167 Å². The lowest BCUT2D eigenvalue weighted by Crippen LogP contribution is -2.29. The Morgan fingerprint density at radius 2 is 2.11 bits per heavy atom. The highest BCUT2D eigenvalue weighted by molar-refractivity contribution is 7.12. The molecule has 2 aromatic heterocycles. The number of carbonyl (C=O) groups is 1. The van der Waals surface area contributed by atoms with Gasteiger partial charge >= 0.3 is 0 Å². The third-order valence-electron chi connectivity index (χ3n) is 4.90. The number of carbonyl (C=O) groups excluding carboxylic acids is 1. The molecule has 4 rings (SSSR count). The quantitative estimate of drug-likeness (QED) is 0.620. The number of ketones is 1. The summed E-state index contributed by atoms with van der Waals surface area (Å²) in [5.41, 5.74) is 3.22. The molecule has 0 radical (unpaired) electrons. The molecule has 0 saturated carbocycles. The van der Waals surface area contributed by atoms with Gasteiger partial charge in [0.05, 0.1) is 5.56 Å². The van der Waals surface area contributed by atoms with Crippen molar-refractivity contribution in [1.29, 1.82) is 0 Å². The van der Waals surface area contributed by atoms with Crippen LogP contribution < -0.4 is 0 Å². The number of nitrogens with zero attached hydrogens (tertiary/aromatic N) is 3. The molecule has 0 N–H and O–H groups in total. The molecule has 3 aromatic rings. The topological polar surface area (TPSA) is 59.2 Å². The van der Waals surface area contributed by atoms with Crippen molar-refractivity contribution >= 4 is 28.7 Å². The minimum atomic E-state index is 0.170. The van der Waals surface area contributed by atoms with Crippen molar-refractivity contribution in [1.82, 2.24) is 15.1 Å². The van der Waals surface area contributed by atoms with Crippen LogP contribution in [0.15, 0.2) is 35.1 Å². The van der Waals surface area contributed by atoms with Gasteiger partial charge in [0.25, 0.3) is 0 Å². The van der Waals surface area contributed by atoms with Crippen molar-refractivity contribution in [3.8, 4) is 11.5 Å². The van der Waals surface area contributed by atoms with Crippen LogP contribution in [0, 0.1) is 0 Å². The summed E-state index contributed by atoms with van der Waals surface area (Å²) in [6.07, 6.45) is 3.07. The Balaban J connectivity index is 1.61. The van der Waals surface area contributed by atoms with Gasteiger partial charge in [-0.1, -0.05) is 30.7 Å². The second-order valence-corrected chi connectivity index (χ2v) is 8.31. The average Bonchev–Trinajstić information content (AvgIpc) is 3.30. The van der Waals surface area contributed by atoms with Crippen molar-refractivity contribution in [2.45, 2.75) is 32.7 Å². The Morgan fingerprint density at radius 3 is 2.81 bits per heavy atom. The van der Waals surface area contributed by atoms with Crippen LogP contribution in [0.1, 0.15) is 27.8 Å². The van der Waals surface area contributed by atoms with E-state index in [0.29, 0.717) is 23.8 Å². The standard InChI is InChI=1S/C20H20ClN3O2S/c1-2-24-8-7-16-18(11-24)27-17(19(16)20-23-22-12-26-20)10-15(25)9-13-3-5-14(21)6-4-13/h3-6,12H,2,7-11H2,1H3. The van der Waals surface area contributed by atoms with E-state index in [-0.39, 0.29) is 5.78 Å². The minimum Gasteiger partial charge on any atom is -0.423 e. The maximum absolute atomic E-state index is 12.7. The number of likely N-dealkylation sites (N-methyl/N-ethyl adjacent to an activating group) is 1. The summed E-state index contributed by atoms with van der Waals surface area (Å²) >= 11 is 7.64. The smallest absolute Gasteiger partial charge is 0.248 e. The van der Waals surface area contributed by atoms with Crippen LogP contribution in [0.4, 0.5) is 0 Å². The van der Waals surface area contributed by atoms with E-state index in [4.69, 9.17) is 16.0 Å². The van der Waals surface area contributed by atoms with Crippen molar-refractivity contribution in [2.75, 3.05) is 13.1 Å². The molecule has 1 aliphatic heterocycles. The number of aromatic nitrogens is 2. The average molecular weight is 402 g/mol. The van der Waals surface area contributed by atoms with Crippen LogP contribution in [-0.2, 0) is 30.6 Å². The Morgan fingerprint density at radius 1 is 1.30 bits per heavy atom. The molecule has 0 spiro atoms. The number of halogens is 1. The molecule has 5 nitrogen and oxygen atoms in total. The van der Waals surface area contributed by atoms with Gasteiger partial charge in [-0.2, -0.15) is 0 Å². The summed E-state index contributed by atoms with van der Waals surface area (Å²) in [7, 11) is 0. The third-order valence-corrected chi connectivity index (χ3v) is 6.37. The summed E-state index contributed by atoms with van der Waals surface area (Å²) < 4.78 is 5.50. The highest BCUT2D eigenvalue weighted by Gasteiger charge is 2.27. The second kappa shape index (κ2) is 7.92. The maximum Gasteiger partial charge on any atom is 0.248 e. The summed E-state index contributed by atoms with van der Waals surface area (Å²) in [5, 5.41) is 8.63. The van der Waals surface area contributed by atoms with Gasteiger partial charge in [-0.15, -0.1) is 21.5 Å². The lowest BCUT2D eigenvalue weighted by molar-refractivity contribution is -0.117. The molecule has 7 heteroatoms. The van der Waals surface area contributed by atoms with Crippen LogP contribution in [0.25, 0.3) is 11.5 Å². The van der Waals surface area contributed by atoms with Gasteiger partial charge in [-0.3, -0.25) is 9.69 Å². The van der Waals surface area contributed by atoms with E-state index in [1.54, 1.807) is 11.3 Å². The number of benzene rings is 1. The van der Waals surface area contributed by atoms with E-state index in [9.17, 15) is 4.79 Å². The van der Waals surface area contributed by atoms with Gasteiger partial charge < -0.3 is 4.42 Å². The SMILES string of the molecule is CCN1CCc2c(sc(CC(=O)Cc3ccc(Cl)cc3)c2-c2nnco2)C1. The molecule has 0 amide bonds. The summed E-state index contributed by atoms with van der Waals surface area (Å²) in [6.45, 7) is 5.13. The van der Waals surface area contributed by atoms with Crippen LogP contribution in [-0.4, -0.2) is 34.0 Å². The number of rotatable bonds is 6. The minimum absolute atomic E-state index is 0.170. The zero-order valence-corrected chi connectivity index (χ0v) is 16.6. The number of thiophene rings is 1. The van der Waals surface area contributed by atoms with Gasteiger partial charge in [0, 0.05) is 40.7 Å². The van der Waals surface area contributed by atoms with E-state index in [0.717, 1.165) is 42.1 Å². The van der Waals surface area contributed by atoms with Gasteiger partial charge in [-0.25, -0.2) is 0 Å². The molecule has 1 aliphatic rings. The molecule has 140 valence electrons. The van der Waals surface area contributed by atoms with E-state index < -0.39 is 0 Å². The lowest BCUT2D eigenvalue weighted by Gasteiger charge is -2.25. The molecular formula is C20H20ClN3O2S. The molecular weight excluding hydrogens is 382 g/mol. The van der Waals surface area contributed by atoms with Gasteiger partial charge in [0.2, 0.25) is 12.3 Å². The number of Topliss-reactive ketones (excluding diaryl/α,β-unsaturated/α-hetero) is 1. The fourth-order valence-corrected chi connectivity index (χ4v) is 5.05. The van der Waals surface area contributed by atoms with Crippen LogP contribution in [0.5, 0.6) is 0 Å². The van der Waals surface area contributed by atoms with Crippen molar-refractivity contribution in [3.63, 3.8) is 0 Å². The highest BCUT2D eigenvalue weighted by atomic mass is 35.5. The first-order valence-corrected chi connectivity index (χ1v) is 10.2. The molecule has 1 aromatic carbocycles. The number of fused-ring (bicyclic) bond motifs is 1. The van der Waals surface area contributed by atoms with E-state index in [2.05, 4.69) is 22.0 Å². The van der Waals surface area contributed by atoms with E-state index in [1.165, 1.54) is 16.8 Å². The largest absolute Gasteiger partial charge is 0.423 e. The molecule has 0 saturated heterocycles. The van der Waals surface area contributed by atoms with E-state index in [1.807, 2.05) is 24.3 Å². The van der Waals surface area contributed by atoms with E-state index >= 15 is 0 Å². The summed E-state index contributed by atoms with van der Waals surface area (Å²) in [5.74, 6) is 0.691. The van der Waals surface area contributed by atoms with Crippen LogP contribution >= 0.6 is 22.9 Å². The zero-order chi connectivity index (χ0) is 18.8. The maximum atomic E-state index is 12.7. The van der Waals surface area contributed by atoms with Crippen LogP contribution in [0.2, 0.25) is 5.02 Å². The molecule has 27 heavy (non-hydrogen) atoms. The molecule has 0 fully saturated rings. The molecule has 3 heterocycles. The van der Waals surface area contributed by atoms with Gasteiger partial charge in [0.15, 0.2) is 0 Å². The predicted molar refractivity (Wildman–Crippen MR) is 106 cm³/mol. The summed E-state index contributed by atoms with van der Waals surface area (Å²) in [4.78, 5) is 17.5. The third kappa shape index (κ3) is 3.98. The first-order chi connectivity index (χ1) is 13.1. The Hall–Kier alpha value is -2.02. The normalized spacial score (nSPS) is 14.3. The van der Waals surface area contributed by atoms with Crippen LogP contribution in [0.3, 0.4) is 0 Å². The Bertz CT molecular complexity index is 935. The zero-order valence-electron chi connectivity index (χ0n) is 15.1. The van der Waals surface area contributed by atoms with Crippen molar-refractivity contribution < 1.29 is 9.21 Å². The summed E-state index contributed by atoms with van der Waals surface area (Å²) in [6, 6.07) is 7.43. The fraction of sp³-hybridized carbons (Fsp3) is 0.350. The fourth-order valence-electron chi connectivity index (χ4n) is 3.51. The first-order valence-electron chi connectivity index (χ1n) is 9.02. The lowest BCUT2D eigenvalue weighted by atomic mass is 9.98. The molecule has 0 atom stereocenters. The van der Waals surface area contributed by atoms with Crippen molar-refractivity contribution in [3.05, 3.63) is 56.6 Å². The molecule has 0 unspecified atom stereocenters. The highest BCUT2D eigenvalue weighted by Crippen LogP contribution is 2.39. The predicted octanol–water partition coefficient (Wildman–Crippen LogP) is 4.18. The Kier molecular flexibility index (Phi) is 5.38. The molecule has 0 bridgehead atoms.